The highest BCUT2D eigenvalue weighted by atomic mass is 35.5. The predicted molar refractivity (Wildman–Crippen MR) is 79.2 cm³/mol. The minimum absolute atomic E-state index is 0.0458. The van der Waals surface area contributed by atoms with Gasteiger partial charge in [-0.05, 0) is 30.3 Å². The van der Waals surface area contributed by atoms with Crippen LogP contribution in [-0.4, -0.2) is 11.1 Å². The fraction of sp³-hybridized carbons (Fsp3) is 0.143. The largest absolute Gasteiger partial charge is 0.481 e. The van der Waals surface area contributed by atoms with Gasteiger partial charge < -0.3 is 10.4 Å². The van der Waals surface area contributed by atoms with E-state index in [9.17, 15) is 4.79 Å². The van der Waals surface area contributed by atoms with Crippen LogP contribution < -0.4 is 5.32 Å². The molecule has 102 valence electrons. The van der Waals surface area contributed by atoms with Gasteiger partial charge in [-0.25, -0.2) is 0 Å². The van der Waals surface area contributed by atoms with Crippen LogP contribution in [0.4, 0.5) is 5.69 Å². The zero-order chi connectivity index (χ0) is 14.5. The molecule has 0 amide bonds. The third kappa shape index (κ3) is 3.73. The third-order valence-electron chi connectivity index (χ3n) is 2.60. The Hall–Kier alpha value is -2.03. The van der Waals surface area contributed by atoms with Crippen molar-refractivity contribution >= 4 is 34.6 Å². The minimum atomic E-state index is -0.831. The molecule has 0 aliphatic carbocycles. The van der Waals surface area contributed by atoms with Gasteiger partial charge in [-0.3, -0.25) is 4.79 Å². The number of nitrogens with one attached hydrogen (secondary N) is 1. The van der Waals surface area contributed by atoms with Crippen LogP contribution in [-0.2, 0) is 17.8 Å². The van der Waals surface area contributed by atoms with E-state index in [2.05, 4.69) is 5.32 Å². The molecule has 2 rings (SSSR count). The van der Waals surface area contributed by atoms with Gasteiger partial charge >= 0.3 is 5.97 Å². The van der Waals surface area contributed by atoms with E-state index in [1.165, 1.54) is 11.3 Å². The molecular weight excluding hydrogens is 296 g/mol. The number of carboxylic acids is 1. The number of halogens is 1. The summed E-state index contributed by atoms with van der Waals surface area (Å²) in [6.07, 6.45) is 0.0458. The normalized spacial score (nSPS) is 10.0. The Morgan fingerprint density at radius 2 is 2.10 bits per heavy atom. The van der Waals surface area contributed by atoms with Crippen molar-refractivity contribution in [1.82, 2.24) is 0 Å². The SMILES string of the molecule is N#Cc1cc(NCc2ccc(CC(=O)O)s2)ccc1Cl. The van der Waals surface area contributed by atoms with Crippen LogP contribution in [0.25, 0.3) is 0 Å². The maximum absolute atomic E-state index is 10.6. The Kier molecular flexibility index (Phi) is 4.61. The van der Waals surface area contributed by atoms with Gasteiger partial charge in [0.1, 0.15) is 6.07 Å². The molecule has 0 radical (unpaired) electrons. The van der Waals surface area contributed by atoms with E-state index < -0.39 is 5.97 Å². The first-order valence-corrected chi connectivity index (χ1v) is 7.01. The summed E-state index contributed by atoms with van der Waals surface area (Å²) in [5.41, 5.74) is 1.23. The van der Waals surface area contributed by atoms with E-state index in [4.69, 9.17) is 22.0 Å². The fourth-order valence-corrected chi connectivity index (χ4v) is 2.78. The standard InChI is InChI=1S/C14H11ClN2O2S/c15-13-4-1-10(5-9(13)7-16)17-8-12-3-2-11(20-12)6-14(18)19/h1-5,17H,6,8H2,(H,18,19). The lowest BCUT2D eigenvalue weighted by Crippen LogP contribution is -1.98. The number of hydrogen-bond donors (Lipinski definition) is 2. The molecule has 4 nitrogen and oxygen atoms in total. The number of nitrogens with zero attached hydrogens (tertiary/aromatic N) is 1. The molecule has 0 saturated carbocycles. The molecule has 0 spiro atoms. The van der Waals surface area contributed by atoms with Crippen LogP contribution in [0.5, 0.6) is 0 Å². The van der Waals surface area contributed by atoms with Crippen molar-refractivity contribution in [3.05, 3.63) is 50.7 Å². The fourth-order valence-electron chi connectivity index (χ4n) is 1.67. The monoisotopic (exact) mass is 306 g/mol. The summed E-state index contributed by atoms with van der Waals surface area (Å²) in [5, 5.41) is 21.2. The molecule has 0 saturated heterocycles. The molecule has 1 heterocycles. The van der Waals surface area contributed by atoms with E-state index in [0.29, 0.717) is 17.1 Å². The van der Waals surface area contributed by atoms with Gasteiger partial charge in [-0.1, -0.05) is 11.6 Å². The van der Waals surface area contributed by atoms with Crippen molar-refractivity contribution in [1.29, 1.82) is 5.26 Å². The Balaban J connectivity index is 2.00. The van der Waals surface area contributed by atoms with Gasteiger partial charge in [0.25, 0.3) is 0 Å². The van der Waals surface area contributed by atoms with Gasteiger partial charge in [0.15, 0.2) is 0 Å². The minimum Gasteiger partial charge on any atom is -0.481 e. The molecule has 0 aliphatic rings. The van der Waals surface area contributed by atoms with Crippen LogP contribution in [0.1, 0.15) is 15.3 Å². The number of benzene rings is 1. The summed E-state index contributed by atoms with van der Waals surface area (Å²) >= 11 is 7.32. The number of thiophene rings is 1. The lowest BCUT2D eigenvalue weighted by Gasteiger charge is -2.05. The summed E-state index contributed by atoms with van der Waals surface area (Å²) < 4.78 is 0. The highest BCUT2D eigenvalue weighted by molar-refractivity contribution is 7.12. The number of nitriles is 1. The van der Waals surface area contributed by atoms with E-state index >= 15 is 0 Å². The van der Waals surface area contributed by atoms with E-state index in [1.807, 2.05) is 18.2 Å². The molecule has 0 bridgehead atoms. The smallest absolute Gasteiger partial charge is 0.308 e. The number of rotatable bonds is 5. The summed E-state index contributed by atoms with van der Waals surface area (Å²) in [7, 11) is 0. The molecule has 2 N–H and O–H groups in total. The van der Waals surface area contributed by atoms with Gasteiger partial charge in [-0.15, -0.1) is 11.3 Å². The van der Waals surface area contributed by atoms with Crippen molar-refractivity contribution in [3.8, 4) is 6.07 Å². The first kappa shape index (κ1) is 14.4. The second-order valence-corrected chi connectivity index (χ2v) is 5.76. The number of hydrogen-bond acceptors (Lipinski definition) is 4. The summed E-state index contributed by atoms with van der Waals surface area (Å²) in [6.45, 7) is 0.580. The predicted octanol–water partition coefficient (Wildman–Crippen LogP) is 3.51. The maximum Gasteiger partial charge on any atom is 0.308 e. The van der Waals surface area contributed by atoms with E-state index in [0.717, 1.165) is 15.4 Å². The topological polar surface area (TPSA) is 73.1 Å². The average molecular weight is 307 g/mol. The van der Waals surface area contributed by atoms with Crippen molar-refractivity contribution in [2.45, 2.75) is 13.0 Å². The van der Waals surface area contributed by atoms with E-state index in [1.54, 1.807) is 18.2 Å². The van der Waals surface area contributed by atoms with Crippen molar-refractivity contribution in [3.63, 3.8) is 0 Å². The van der Waals surface area contributed by atoms with Crippen LogP contribution in [0.2, 0.25) is 5.02 Å². The van der Waals surface area contributed by atoms with Gasteiger partial charge in [0, 0.05) is 22.0 Å². The lowest BCUT2D eigenvalue weighted by atomic mass is 10.2. The van der Waals surface area contributed by atoms with Crippen molar-refractivity contribution in [2.24, 2.45) is 0 Å². The molecule has 0 fully saturated rings. The summed E-state index contributed by atoms with van der Waals surface area (Å²) in [5.74, 6) is -0.831. The lowest BCUT2D eigenvalue weighted by molar-refractivity contribution is -0.136. The van der Waals surface area contributed by atoms with Crippen molar-refractivity contribution < 1.29 is 9.90 Å². The summed E-state index contributed by atoms with van der Waals surface area (Å²) in [4.78, 5) is 12.5. The Labute approximate surface area is 125 Å². The molecule has 20 heavy (non-hydrogen) atoms. The highest BCUT2D eigenvalue weighted by Gasteiger charge is 2.05. The molecule has 1 aromatic heterocycles. The first-order valence-electron chi connectivity index (χ1n) is 5.81. The Morgan fingerprint density at radius 3 is 2.80 bits per heavy atom. The molecule has 0 aliphatic heterocycles. The zero-order valence-corrected chi connectivity index (χ0v) is 12.0. The maximum atomic E-state index is 10.6. The molecule has 0 atom stereocenters. The first-order chi connectivity index (χ1) is 9.58. The molecule has 2 aromatic rings. The summed E-state index contributed by atoms with van der Waals surface area (Å²) in [6, 6.07) is 10.9. The molecule has 0 unspecified atom stereocenters. The van der Waals surface area contributed by atoms with Crippen LogP contribution in [0.15, 0.2) is 30.3 Å². The molecular formula is C14H11ClN2O2S. The third-order valence-corrected chi connectivity index (χ3v) is 4.01. The number of aliphatic carboxylic acids is 1. The Morgan fingerprint density at radius 1 is 1.35 bits per heavy atom. The van der Waals surface area contributed by atoms with Crippen LogP contribution >= 0.6 is 22.9 Å². The van der Waals surface area contributed by atoms with Crippen molar-refractivity contribution in [2.75, 3.05) is 5.32 Å². The number of carbonyl (C=O) groups is 1. The quantitative estimate of drug-likeness (QED) is 0.886. The number of anilines is 1. The highest BCUT2D eigenvalue weighted by Crippen LogP contribution is 2.22. The van der Waals surface area contributed by atoms with E-state index in [-0.39, 0.29) is 6.42 Å². The second kappa shape index (κ2) is 6.42. The van der Waals surface area contributed by atoms with Gasteiger partial charge in [0.2, 0.25) is 0 Å². The zero-order valence-electron chi connectivity index (χ0n) is 10.4. The van der Waals surface area contributed by atoms with Gasteiger partial charge in [-0.2, -0.15) is 5.26 Å². The van der Waals surface area contributed by atoms with Crippen LogP contribution in [0, 0.1) is 11.3 Å². The van der Waals surface area contributed by atoms with Crippen LogP contribution in [0.3, 0.4) is 0 Å². The van der Waals surface area contributed by atoms with Gasteiger partial charge in [0.05, 0.1) is 17.0 Å². The average Bonchev–Trinajstić information content (AvgIpc) is 2.84. The molecule has 1 aromatic carbocycles. The molecule has 6 heteroatoms. The second-order valence-electron chi connectivity index (χ2n) is 4.10. The number of carboxylic acid groups (broad SMARTS) is 1. The Bertz CT molecular complexity index is 676.